The number of nitrogens with zero attached hydrogens (tertiary/aromatic N) is 1. The summed E-state index contributed by atoms with van der Waals surface area (Å²) in [5.41, 5.74) is 2.71. The van der Waals surface area contributed by atoms with Gasteiger partial charge in [-0.1, -0.05) is 25.5 Å². The van der Waals surface area contributed by atoms with Crippen molar-refractivity contribution in [2.45, 2.75) is 45.6 Å². The van der Waals surface area contributed by atoms with Crippen molar-refractivity contribution in [1.82, 2.24) is 5.32 Å². The lowest BCUT2D eigenvalue weighted by molar-refractivity contribution is 0.248. The molecule has 2 N–H and O–H groups in total. The SMILES string of the molecule is CCCC(CCO)CNCc1ccc(N2CCCC2)cc1. The summed E-state index contributed by atoms with van der Waals surface area (Å²) in [7, 11) is 0. The van der Waals surface area contributed by atoms with Gasteiger partial charge in [0.1, 0.15) is 0 Å². The Bertz CT molecular complexity index is 379. The summed E-state index contributed by atoms with van der Waals surface area (Å²) in [6.45, 7) is 6.85. The van der Waals surface area contributed by atoms with Gasteiger partial charge in [-0.25, -0.2) is 0 Å². The lowest BCUT2D eigenvalue weighted by atomic mass is 10.0. The molecular formula is C18H30N2O. The van der Waals surface area contributed by atoms with Crippen LogP contribution >= 0.6 is 0 Å². The fraction of sp³-hybridized carbons (Fsp3) is 0.667. The van der Waals surface area contributed by atoms with E-state index in [4.69, 9.17) is 5.11 Å². The van der Waals surface area contributed by atoms with E-state index < -0.39 is 0 Å². The zero-order valence-electron chi connectivity index (χ0n) is 13.4. The highest BCUT2D eigenvalue weighted by molar-refractivity contribution is 5.48. The van der Waals surface area contributed by atoms with E-state index in [0.717, 1.165) is 19.5 Å². The molecule has 1 aliphatic rings. The van der Waals surface area contributed by atoms with E-state index in [1.807, 2.05) is 0 Å². The van der Waals surface area contributed by atoms with Gasteiger partial charge in [-0.3, -0.25) is 0 Å². The Balaban J connectivity index is 1.75. The highest BCUT2D eigenvalue weighted by atomic mass is 16.3. The number of anilines is 1. The van der Waals surface area contributed by atoms with Crippen molar-refractivity contribution in [1.29, 1.82) is 0 Å². The maximum Gasteiger partial charge on any atom is 0.0434 e. The van der Waals surface area contributed by atoms with Crippen LogP contribution in [0.25, 0.3) is 0 Å². The van der Waals surface area contributed by atoms with Crippen LogP contribution in [-0.2, 0) is 6.54 Å². The molecule has 1 aromatic rings. The fourth-order valence-electron chi connectivity index (χ4n) is 3.16. The second-order valence-corrected chi connectivity index (χ2v) is 6.16. The molecule has 3 nitrogen and oxygen atoms in total. The van der Waals surface area contributed by atoms with E-state index >= 15 is 0 Å². The zero-order valence-corrected chi connectivity index (χ0v) is 13.4. The molecule has 1 heterocycles. The van der Waals surface area contributed by atoms with Crippen LogP contribution in [0.5, 0.6) is 0 Å². The average molecular weight is 290 g/mol. The highest BCUT2D eigenvalue weighted by Gasteiger charge is 2.11. The maximum atomic E-state index is 9.08. The lowest BCUT2D eigenvalue weighted by Gasteiger charge is -2.18. The number of benzene rings is 1. The van der Waals surface area contributed by atoms with Gasteiger partial charge in [-0.15, -0.1) is 0 Å². The minimum atomic E-state index is 0.302. The van der Waals surface area contributed by atoms with E-state index in [1.165, 1.54) is 50.0 Å². The summed E-state index contributed by atoms with van der Waals surface area (Å²) >= 11 is 0. The molecule has 1 fully saturated rings. The molecule has 0 spiro atoms. The predicted octanol–water partition coefficient (Wildman–Crippen LogP) is 3.18. The topological polar surface area (TPSA) is 35.5 Å². The van der Waals surface area contributed by atoms with Gasteiger partial charge in [0, 0.05) is 31.9 Å². The molecule has 1 aliphatic heterocycles. The van der Waals surface area contributed by atoms with Crippen molar-refractivity contribution in [3.8, 4) is 0 Å². The smallest absolute Gasteiger partial charge is 0.0434 e. The third-order valence-corrected chi connectivity index (χ3v) is 4.40. The number of hydrogen-bond acceptors (Lipinski definition) is 3. The second-order valence-electron chi connectivity index (χ2n) is 6.16. The van der Waals surface area contributed by atoms with Crippen LogP contribution in [-0.4, -0.2) is 31.3 Å². The molecule has 0 amide bonds. The van der Waals surface area contributed by atoms with Crippen molar-refractivity contribution in [3.63, 3.8) is 0 Å². The molecule has 1 aromatic carbocycles. The van der Waals surface area contributed by atoms with Gasteiger partial charge in [0.05, 0.1) is 0 Å². The van der Waals surface area contributed by atoms with Gasteiger partial charge in [0.15, 0.2) is 0 Å². The molecule has 118 valence electrons. The van der Waals surface area contributed by atoms with Crippen LogP contribution in [0, 0.1) is 5.92 Å². The number of nitrogens with one attached hydrogen (secondary N) is 1. The van der Waals surface area contributed by atoms with E-state index in [2.05, 4.69) is 41.4 Å². The number of hydrogen-bond donors (Lipinski definition) is 2. The Labute approximate surface area is 129 Å². The van der Waals surface area contributed by atoms with Gasteiger partial charge in [0.25, 0.3) is 0 Å². The molecule has 1 unspecified atom stereocenters. The van der Waals surface area contributed by atoms with Crippen molar-refractivity contribution in [2.24, 2.45) is 5.92 Å². The van der Waals surface area contributed by atoms with Crippen molar-refractivity contribution >= 4 is 5.69 Å². The molecule has 0 radical (unpaired) electrons. The first kappa shape index (κ1) is 16.3. The number of rotatable bonds is 9. The lowest BCUT2D eigenvalue weighted by Crippen LogP contribution is -2.23. The molecule has 0 bridgehead atoms. The molecule has 3 heteroatoms. The second kappa shape index (κ2) is 9.06. The van der Waals surface area contributed by atoms with E-state index in [1.54, 1.807) is 0 Å². The van der Waals surface area contributed by atoms with Gasteiger partial charge in [-0.2, -0.15) is 0 Å². The van der Waals surface area contributed by atoms with Crippen LogP contribution in [0.15, 0.2) is 24.3 Å². The monoisotopic (exact) mass is 290 g/mol. The first-order valence-corrected chi connectivity index (χ1v) is 8.49. The van der Waals surface area contributed by atoms with Crippen LogP contribution in [0.3, 0.4) is 0 Å². The first-order chi connectivity index (χ1) is 10.3. The predicted molar refractivity (Wildman–Crippen MR) is 89.7 cm³/mol. The Morgan fingerprint density at radius 2 is 1.86 bits per heavy atom. The summed E-state index contributed by atoms with van der Waals surface area (Å²) in [6.07, 6.45) is 5.95. The van der Waals surface area contributed by atoms with E-state index in [0.29, 0.717) is 12.5 Å². The molecule has 1 saturated heterocycles. The number of aliphatic hydroxyl groups excluding tert-OH is 1. The molecule has 2 rings (SSSR count). The van der Waals surface area contributed by atoms with E-state index in [9.17, 15) is 0 Å². The van der Waals surface area contributed by atoms with Crippen molar-refractivity contribution in [2.75, 3.05) is 31.1 Å². The van der Waals surface area contributed by atoms with Gasteiger partial charge < -0.3 is 15.3 Å². The summed E-state index contributed by atoms with van der Waals surface area (Å²) in [6, 6.07) is 8.97. The molecule has 0 saturated carbocycles. The molecule has 1 atom stereocenters. The quantitative estimate of drug-likeness (QED) is 0.733. The van der Waals surface area contributed by atoms with Crippen LogP contribution < -0.4 is 10.2 Å². The van der Waals surface area contributed by atoms with Crippen LogP contribution in [0.1, 0.15) is 44.6 Å². The normalized spacial score (nSPS) is 16.4. The summed E-state index contributed by atoms with van der Waals surface area (Å²) < 4.78 is 0. The van der Waals surface area contributed by atoms with Gasteiger partial charge in [0.2, 0.25) is 0 Å². The minimum Gasteiger partial charge on any atom is -0.396 e. The number of aliphatic hydroxyl groups is 1. The zero-order chi connectivity index (χ0) is 14.9. The first-order valence-electron chi connectivity index (χ1n) is 8.49. The summed E-state index contributed by atoms with van der Waals surface area (Å²) in [4.78, 5) is 2.47. The summed E-state index contributed by atoms with van der Waals surface area (Å²) in [5, 5.41) is 12.6. The largest absolute Gasteiger partial charge is 0.396 e. The van der Waals surface area contributed by atoms with E-state index in [-0.39, 0.29) is 0 Å². The van der Waals surface area contributed by atoms with Gasteiger partial charge >= 0.3 is 0 Å². The minimum absolute atomic E-state index is 0.302. The van der Waals surface area contributed by atoms with Crippen LogP contribution in [0.2, 0.25) is 0 Å². The Kier molecular flexibility index (Phi) is 7.04. The third kappa shape index (κ3) is 5.33. The van der Waals surface area contributed by atoms with Crippen molar-refractivity contribution in [3.05, 3.63) is 29.8 Å². The van der Waals surface area contributed by atoms with Gasteiger partial charge in [-0.05, 0) is 55.8 Å². The average Bonchev–Trinajstić information content (AvgIpc) is 3.03. The standard InChI is InChI=1S/C18H30N2O/c1-2-5-16(10-13-21)14-19-15-17-6-8-18(9-7-17)20-11-3-4-12-20/h6-9,16,19,21H,2-5,10-15H2,1H3. The summed E-state index contributed by atoms with van der Waals surface area (Å²) in [5.74, 6) is 0.601. The Morgan fingerprint density at radius 3 is 2.48 bits per heavy atom. The highest BCUT2D eigenvalue weighted by Crippen LogP contribution is 2.20. The molecule has 0 aromatic heterocycles. The molecule has 21 heavy (non-hydrogen) atoms. The fourth-order valence-corrected chi connectivity index (χ4v) is 3.16. The molecule has 0 aliphatic carbocycles. The maximum absolute atomic E-state index is 9.08. The third-order valence-electron chi connectivity index (χ3n) is 4.40. The van der Waals surface area contributed by atoms with Crippen molar-refractivity contribution < 1.29 is 5.11 Å². The Morgan fingerprint density at radius 1 is 1.14 bits per heavy atom. The van der Waals surface area contributed by atoms with Crippen LogP contribution in [0.4, 0.5) is 5.69 Å². The Hall–Kier alpha value is -1.06. The molecular weight excluding hydrogens is 260 g/mol.